The van der Waals surface area contributed by atoms with Crippen LogP contribution >= 0.6 is 0 Å². The molecule has 3 aromatic carbocycles. The lowest BCUT2D eigenvalue weighted by atomic mass is 9.99. The fraction of sp³-hybridized carbons (Fsp3) is 0.200. The number of hydroxylamine groups is 1. The van der Waals surface area contributed by atoms with Crippen molar-refractivity contribution in [1.82, 2.24) is 15.8 Å². The number of benzene rings is 3. The Morgan fingerprint density at radius 3 is 2.49 bits per heavy atom. The van der Waals surface area contributed by atoms with Crippen LogP contribution in [0.15, 0.2) is 72.6 Å². The highest BCUT2D eigenvalue weighted by atomic mass is 19.2. The molecule has 0 aliphatic carbocycles. The highest BCUT2D eigenvalue weighted by molar-refractivity contribution is 5.94. The van der Waals surface area contributed by atoms with Gasteiger partial charge in [0, 0.05) is 30.4 Å². The van der Waals surface area contributed by atoms with Gasteiger partial charge in [-0.2, -0.15) is 0 Å². The van der Waals surface area contributed by atoms with Crippen molar-refractivity contribution < 1.29 is 23.6 Å². The second-order valence-corrected chi connectivity index (χ2v) is 8.06. The van der Waals surface area contributed by atoms with E-state index in [0.29, 0.717) is 12.1 Å². The number of halogens is 2. The summed E-state index contributed by atoms with van der Waals surface area (Å²) >= 11 is 0. The van der Waals surface area contributed by atoms with Crippen LogP contribution in [0.5, 0.6) is 0 Å². The summed E-state index contributed by atoms with van der Waals surface area (Å²) in [6, 6.07) is 16.2. The van der Waals surface area contributed by atoms with Gasteiger partial charge in [-0.1, -0.05) is 42.5 Å². The van der Waals surface area contributed by atoms with Crippen LogP contribution in [0.25, 0.3) is 10.8 Å². The van der Waals surface area contributed by atoms with Crippen LogP contribution < -0.4 is 22.4 Å². The fourth-order valence-electron chi connectivity index (χ4n) is 3.60. The second kappa shape index (κ2) is 11.9. The lowest BCUT2D eigenvalue weighted by Gasteiger charge is -2.26. The lowest BCUT2D eigenvalue weighted by molar-refractivity contribution is -0.130. The first kappa shape index (κ1) is 25.6. The van der Waals surface area contributed by atoms with Gasteiger partial charge in [0.25, 0.3) is 5.91 Å². The number of fused-ring (bicyclic) bond motifs is 1. The van der Waals surface area contributed by atoms with Gasteiger partial charge in [-0.3, -0.25) is 14.8 Å². The molecule has 0 spiro atoms. The van der Waals surface area contributed by atoms with Crippen molar-refractivity contribution in [3.63, 3.8) is 0 Å². The van der Waals surface area contributed by atoms with Crippen molar-refractivity contribution in [2.45, 2.75) is 25.3 Å². The molecule has 1 atom stereocenters. The summed E-state index contributed by atoms with van der Waals surface area (Å²) in [5.74, 6) is 2.86. The minimum Gasteiger partial charge on any atom is -0.401 e. The molecule has 0 saturated carbocycles. The Balaban J connectivity index is 1.62. The number of carbonyl (C=O) groups is 2. The summed E-state index contributed by atoms with van der Waals surface area (Å²) in [6.45, 7) is 0.125. The van der Waals surface area contributed by atoms with Crippen molar-refractivity contribution in [3.05, 3.63) is 95.3 Å². The summed E-state index contributed by atoms with van der Waals surface area (Å²) in [4.78, 5) is 24.0. The molecule has 0 heterocycles. The number of rotatable bonds is 10. The average Bonchev–Trinajstić information content (AvgIpc) is 2.84. The lowest BCUT2D eigenvalue weighted by Crippen LogP contribution is -2.42. The smallest absolute Gasteiger partial charge is 0.251 e. The van der Waals surface area contributed by atoms with Gasteiger partial charge in [0.1, 0.15) is 0 Å². The van der Waals surface area contributed by atoms with Crippen LogP contribution in [0.4, 0.5) is 8.78 Å². The molecule has 0 aromatic heterocycles. The summed E-state index contributed by atoms with van der Waals surface area (Å²) in [5.41, 5.74) is 8.91. The third kappa shape index (κ3) is 7.23. The third-order valence-corrected chi connectivity index (χ3v) is 5.45. The average molecular weight is 484 g/mol. The number of carbonyl (C=O) groups excluding carboxylic acids is 2. The Kier molecular flexibility index (Phi) is 8.71. The first-order valence-corrected chi connectivity index (χ1v) is 10.9. The minimum atomic E-state index is -1.11. The van der Waals surface area contributed by atoms with Crippen LogP contribution in [0.3, 0.4) is 0 Å². The van der Waals surface area contributed by atoms with E-state index < -0.39 is 29.5 Å². The van der Waals surface area contributed by atoms with Gasteiger partial charge in [0.2, 0.25) is 5.91 Å². The van der Waals surface area contributed by atoms with Gasteiger partial charge >= 0.3 is 0 Å². The van der Waals surface area contributed by atoms with E-state index in [1.807, 2.05) is 42.5 Å². The number of nitrogens with zero attached hydrogens (tertiary/aromatic N) is 1. The molecule has 3 rings (SSSR count). The zero-order valence-corrected chi connectivity index (χ0v) is 18.9. The molecular formula is C25H27F2N5O3. The molecule has 35 heavy (non-hydrogen) atoms. The maximum Gasteiger partial charge on any atom is 0.251 e. The first-order valence-electron chi connectivity index (χ1n) is 10.9. The molecule has 2 amide bonds. The second-order valence-electron chi connectivity index (χ2n) is 8.06. The molecule has 184 valence electrons. The predicted molar refractivity (Wildman–Crippen MR) is 128 cm³/mol. The molecule has 0 radical (unpaired) electrons. The molecule has 8 nitrogen and oxygen atoms in total. The van der Waals surface area contributed by atoms with E-state index in [4.69, 9.17) is 16.8 Å². The predicted octanol–water partition coefficient (Wildman–Crippen LogP) is 2.72. The molecule has 0 fully saturated rings. The standard InChI is InChI=1S/C25H27F2N5O3/c26-22-8-7-19(13-23(22)27)25(34)30-10-9-20(28)15-32(29)21(14-24(33)31-35)12-16-5-6-17-3-1-2-4-18(17)11-16/h1-8,11,13,15,21,35H,9-10,12,14,28-29H2,(H,30,34)(H,31,33)/b20-15-. The van der Waals surface area contributed by atoms with Crippen molar-refractivity contribution in [2.75, 3.05) is 6.54 Å². The highest BCUT2D eigenvalue weighted by Gasteiger charge is 2.19. The van der Waals surface area contributed by atoms with Crippen molar-refractivity contribution in [3.8, 4) is 0 Å². The first-order chi connectivity index (χ1) is 16.8. The topological polar surface area (TPSA) is 134 Å². The molecule has 3 aromatic rings. The van der Waals surface area contributed by atoms with E-state index in [2.05, 4.69) is 5.32 Å². The monoisotopic (exact) mass is 483 g/mol. The Hall–Kier alpha value is -4.02. The van der Waals surface area contributed by atoms with E-state index in [1.54, 1.807) is 5.48 Å². The number of amides is 2. The van der Waals surface area contributed by atoms with Crippen LogP contribution in [0.2, 0.25) is 0 Å². The Labute approximate surface area is 201 Å². The van der Waals surface area contributed by atoms with E-state index >= 15 is 0 Å². The maximum absolute atomic E-state index is 13.3. The SMILES string of the molecule is N/C(=C\N(N)C(CC(=O)NO)Cc1ccc2ccccc2c1)CCNC(=O)c1ccc(F)c(F)c1. The number of hydrogen-bond acceptors (Lipinski definition) is 6. The van der Waals surface area contributed by atoms with Crippen molar-refractivity contribution in [2.24, 2.45) is 11.6 Å². The fourth-order valence-corrected chi connectivity index (χ4v) is 3.60. The van der Waals surface area contributed by atoms with E-state index in [-0.39, 0.29) is 24.9 Å². The number of nitrogens with one attached hydrogen (secondary N) is 2. The zero-order valence-electron chi connectivity index (χ0n) is 18.9. The molecule has 0 bridgehead atoms. The van der Waals surface area contributed by atoms with Crippen molar-refractivity contribution >= 4 is 22.6 Å². The number of nitrogens with two attached hydrogens (primary N) is 2. The normalized spacial score (nSPS) is 12.3. The van der Waals surface area contributed by atoms with Gasteiger partial charge in [0.05, 0.1) is 12.5 Å². The zero-order chi connectivity index (χ0) is 25.4. The van der Waals surface area contributed by atoms with Crippen molar-refractivity contribution in [1.29, 1.82) is 0 Å². The minimum absolute atomic E-state index is 0.0163. The maximum atomic E-state index is 13.3. The van der Waals surface area contributed by atoms with E-state index in [1.165, 1.54) is 17.3 Å². The van der Waals surface area contributed by atoms with Crippen LogP contribution in [-0.4, -0.2) is 34.6 Å². The molecule has 0 aliphatic heterocycles. The van der Waals surface area contributed by atoms with Crippen LogP contribution in [0.1, 0.15) is 28.8 Å². The molecule has 0 aliphatic rings. The number of hydrogen-bond donors (Lipinski definition) is 5. The summed E-state index contributed by atoms with van der Waals surface area (Å²) in [7, 11) is 0. The molecule has 0 saturated heterocycles. The van der Waals surface area contributed by atoms with Gasteiger partial charge in [-0.05, 0) is 41.0 Å². The largest absolute Gasteiger partial charge is 0.401 e. The van der Waals surface area contributed by atoms with Gasteiger partial charge in [-0.25, -0.2) is 20.1 Å². The Morgan fingerprint density at radius 1 is 1.03 bits per heavy atom. The molecule has 7 N–H and O–H groups in total. The van der Waals surface area contributed by atoms with Gasteiger partial charge in [0.15, 0.2) is 11.6 Å². The molecule has 10 heteroatoms. The van der Waals surface area contributed by atoms with E-state index in [0.717, 1.165) is 28.5 Å². The highest BCUT2D eigenvalue weighted by Crippen LogP contribution is 2.19. The summed E-state index contributed by atoms with van der Waals surface area (Å²) in [6.07, 6.45) is 2.00. The Morgan fingerprint density at radius 2 is 1.77 bits per heavy atom. The Bertz CT molecular complexity index is 1230. The molecule has 1 unspecified atom stereocenters. The number of hydrazine groups is 1. The van der Waals surface area contributed by atoms with Gasteiger partial charge in [-0.15, -0.1) is 0 Å². The summed E-state index contributed by atoms with van der Waals surface area (Å²) in [5, 5.41) is 15.0. The van der Waals surface area contributed by atoms with E-state index in [9.17, 15) is 18.4 Å². The van der Waals surface area contributed by atoms with Crippen LogP contribution in [0, 0.1) is 11.6 Å². The van der Waals surface area contributed by atoms with Gasteiger partial charge < -0.3 is 16.1 Å². The summed E-state index contributed by atoms with van der Waals surface area (Å²) < 4.78 is 26.3. The quantitative estimate of drug-likeness (QED) is 0.171. The third-order valence-electron chi connectivity index (χ3n) is 5.45. The van der Waals surface area contributed by atoms with Crippen LogP contribution in [-0.2, 0) is 11.2 Å². The molecular weight excluding hydrogens is 456 g/mol.